The minimum absolute atomic E-state index is 0.149. The Kier molecular flexibility index (Phi) is 8.72. The molecular formula is C22H21Cl2N5O2S. The van der Waals surface area contributed by atoms with Crippen molar-refractivity contribution in [3.8, 4) is 0 Å². The number of carbonyl (C=O) groups is 2. The molecule has 3 aromatic rings. The lowest BCUT2D eigenvalue weighted by molar-refractivity contribution is -0.116. The summed E-state index contributed by atoms with van der Waals surface area (Å²) >= 11 is 13.4. The van der Waals surface area contributed by atoms with Crippen LogP contribution in [0, 0.1) is 0 Å². The highest BCUT2D eigenvalue weighted by Crippen LogP contribution is 2.22. The predicted octanol–water partition coefficient (Wildman–Crippen LogP) is 4.67. The number of aromatic nitrogens is 3. The fourth-order valence-electron chi connectivity index (χ4n) is 2.75. The molecule has 0 saturated carbocycles. The summed E-state index contributed by atoms with van der Waals surface area (Å²) in [5.41, 5.74) is 1.32. The zero-order chi connectivity index (χ0) is 22.9. The minimum atomic E-state index is -0.274. The van der Waals surface area contributed by atoms with E-state index in [9.17, 15) is 9.59 Å². The molecule has 0 saturated heterocycles. The SMILES string of the molecule is CCn1c(CNC(=O)/C=C/c2ccccc2Cl)nnc1SCC(=O)Nc1ccccc1Cl. The molecule has 0 spiro atoms. The molecule has 0 aliphatic rings. The van der Waals surface area contributed by atoms with E-state index in [1.165, 1.54) is 17.8 Å². The van der Waals surface area contributed by atoms with Crippen molar-refractivity contribution in [2.24, 2.45) is 0 Å². The summed E-state index contributed by atoms with van der Waals surface area (Å²) in [6, 6.07) is 14.3. The number of thioether (sulfide) groups is 1. The van der Waals surface area contributed by atoms with Gasteiger partial charge in [-0.2, -0.15) is 0 Å². The molecule has 166 valence electrons. The Bertz CT molecular complexity index is 1130. The molecule has 2 amide bonds. The van der Waals surface area contributed by atoms with Crippen molar-refractivity contribution in [3.63, 3.8) is 0 Å². The summed E-state index contributed by atoms with van der Waals surface area (Å²) in [6.07, 6.45) is 3.07. The summed E-state index contributed by atoms with van der Waals surface area (Å²) in [5.74, 6) is 0.272. The third-order valence-corrected chi connectivity index (χ3v) is 5.97. The molecule has 0 fully saturated rings. The van der Waals surface area contributed by atoms with Crippen LogP contribution in [-0.4, -0.2) is 32.3 Å². The molecule has 1 heterocycles. The number of benzene rings is 2. The number of amides is 2. The summed E-state index contributed by atoms with van der Waals surface area (Å²) in [6.45, 7) is 2.75. The van der Waals surface area contributed by atoms with Crippen LogP contribution >= 0.6 is 35.0 Å². The van der Waals surface area contributed by atoms with Crippen LogP contribution in [0.1, 0.15) is 18.3 Å². The Morgan fingerprint density at radius 1 is 1.06 bits per heavy atom. The smallest absolute Gasteiger partial charge is 0.244 e. The highest BCUT2D eigenvalue weighted by molar-refractivity contribution is 7.99. The van der Waals surface area contributed by atoms with Gasteiger partial charge in [0.1, 0.15) is 0 Å². The lowest BCUT2D eigenvalue weighted by Gasteiger charge is -2.09. The van der Waals surface area contributed by atoms with Crippen LogP contribution in [0.2, 0.25) is 10.0 Å². The highest BCUT2D eigenvalue weighted by atomic mass is 35.5. The Balaban J connectivity index is 1.54. The van der Waals surface area contributed by atoms with Gasteiger partial charge in [-0.15, -0.1) is 10.2 Å². The normalized spacial score (nSPS) is 11.0. The molecule has 2 N–H and O–H groups in total. The third-order valence-electron chi connectivity index (χ3n) is 4.33. The van der Waals surface area contributed by atoms with Gasteiger partial charge in [-0.1, -0.05) is 65.3 Å². The largest absolute Gasteiger partial charge is 0.345 e. The number of nitrogens with zero attached hydrogens (tertiary/aromatic N) is 3. The standard InChI is InChI=1S/C22H21Cl2N5O2S/c1-2-29-19(13-25-20(30)12-11-15-7-3-4-8-16(15)23)27-28-22(29)32-14-21(31)26-18-10-6-5-9-17(18)24/h3-12H,2,13-14H2,1H3,(H,25,30)(H,26,31)/b12-11+. The number of carbonyl (C=O) groups excluding carboxylic acids is 2. The van der Waals surface area contributed by atoms with Crippen molar-refractivity contribution in [2.75, 3.05) is 11.1 Å². The molecule has 32 heavy (non-hydrogen) atoms. The van der Waals surface area contributed by atoms with Crippen LogP contribution < -0.4 is 10.6 Å². The van der Waals surface area contributed by atoms with Crippen LogP contribution in [-0.2, 0) is 22.7 Å². The van der Waals surface area contributed by atoms with E-state index in [-0.39, 0.29) is 24.1 Å². The molecule has 0 aliphatic carbocycles. The van der Waals surface area contributed by atoms with Crippen LogP contribution in [0.25, 0.3) is 6.08 Å². The van der Waals surface area contributed by atoms with E-state index in [0.29, 0.717) is 33.3 Å². The number of nitrogens with one attached hydrogen (secondary N) is 2. The van der Waals surface area contributed by atoms with Crippen LogP contribution in [0.3, 0.4) is 0 Å². The van der Waals surface area contributed by atoms with Crippen molar-refractivity contribution in [3.05, 3.63) is 76.0 Å². The van der Waals surface area contributed by atoms with Crippen molar-refractivity contribution in [2.45, 2.75) is 25.2 Å². The van der Waals surface area contributed by atoms with E-state index in [1.54, 1.807) is 36.4 Å². The highest BCUT2D eigenvalue weighted by Gasteiger charge is 2.14. The van der Waals surface area contributed by atoms with Crippen LogP contribution in [0.15, 0.2) is 59.8 Å². The lowest BCUT2D eigenvalue weighted by Crippen LogP contribution is -2.22. The van der Waals surface area contributed by atoms with Gasteiger partial charge >= 0.3 is 0 Å². The second-order valence-corrected chi connectivity index (χ2v) is 8.29. The third kappa shape index (κ3) is 6.59. The van der Waals surface area contributed by atoms with Crippen LogP contribution in [0.4, 0.5) is 5.69 Å². The van der Waals surface area contributed by atoms with Gasteiger partial charge in [0, 0.05) is 17.6 Å². The topological polar surface area (TPSA) is 88.9 Å². The Morgan fingerprint density at radius 2 is 1.78 bits per heavy atom. The van der Waals surface area contributed by atoms with Gasteiger partial charge in [0.15, 0.2) is 11.0 Å². The molecule has 0 atom stereocenters. The van der Waals surface area contributed by atoms with E-state index in [4.69, 9.17) is 23.2 Å². The van der Waals surface area contributed by atoms with E-state index in [1.807, 2.05) is 29.7 Å². The van der Waals surface area contributed by atoms with E-state index in [2.05, 4.69) is 20.8 Å². The van der Waals surface area contributed by atoms with Crippen molar-refractivity contribution in [1.82, 2.24) is 20.1 Å². The number of anilines is 1. The van der Waals surface area contributed by atoms with E-state index in [0.717, 1.165) is 5.56 Å². The maximum Gasteiger partial charge on any atom is 0.244 e. The molecule has 0 unspecified atom stereocenters. The summed E-state index contributed by atoms with van der Waals surface area (Å²) in [5, 5.41) is 15.5. The first-order valence-corrected chi connectivity index (χ1v) is 11.5. The molecule has 7 nitrogen and oxygen atoms in total. The Labute approximate surface area is 200 Å². The first-order chi connectivity index (χ1) is 15.5. The van der Waals surface area contributed by atoms with Crippen LogP contribution in [0.5, 0.6) is 0 Å². The average molecular weight is 490 g/mol. The van der Waals surface area contributed by atoms with Gasteiger partial charge in [-0.3, -0.25) is 9.59 Å². The predicted molar refractivity (Wildman–Crippen MR) is 129 cm³/mol. The van der Waals surface area contributed by atoms with Gasteiger partial charge < -0.3 is 15.2 Å². The Morgan fingerprint density at radius 3 is 2.50 bits per heavy atom. The number of rotatable bonds is 9. The average Bonchev–Trinajstić information content (AvgIpc) is 3.19. The molecule has 1 aromatic heterocycles. The molecule has 3 rings (SSSR count). The fourth-order valence-corrected chi connectivity index (χ4v) is 3.96. The summed E-state index contributed by atoms with van der Waals surface area (Å²) in [4.78, 5) is 24.4. The van der Waals surface area contributed by atoms with Gasteiger partial charge in [-0.25, -0.2) is 0 Å². The van der Waals surface area contributed by atoms with E-state index < -0.39 is 0 Å². The second-order valence-electron chi connectivity index (χ2n) is 6.53. The van der Waals surface area contributed by atoms with E-state index >= 15 is 0 Å². The van der Waals surface area contributed by atoms with Gasteiger partial charge in [-0.05, 0) is 36.8 Å². The quantitative estimate of drug-likeness (QED) is 0.336. The Hall–Kier alpha value is -2.81. The lowest BCUT2D eigenvalue weighted by atomic mass is 10.2. The molecular weight excluding hydrogens is 469 g/mol. The second kappa shape index (κ2) is 11.7. The van der Waals surface area contributed by atoms with Crippen molar-refractivity contribution >= 4 is 58.5 Å². The first kappa shape index (κ1) is 23.8. The van der Waals surface area contributed by atoms with Gasteiger partial charge in [0.2, 0.25) is 11.8 Å². The molecule has 0 bridgehead atoms. The molecule has 0 radical (unpaired) electrons. The van der Waals surface area contributed by atoms with Crippen molar-refractivity contribution in [1.29, 1.82) is 0 Å². The number of halogens is 2. The van der Waals surface area contributed by atoms with Gasteiger partial charge in [0.25, 0.3) is 0 Å². The summed E-state index contributed by atoms with van der Waals surface area (Å²) in [7, 11) is 0. The molecule has 2 aromatic carbocycles. The number of para-hydroxylation sites is 1. The van der Waals surface area contributed by atoms with Gasteiger partial charge in [0.05, 0.1) is 23.0 Å². The molecule has 10 heteroatoms. The fraction of sp³-hybridized carbons (Fsp3) is 0.182. The minimum Gasteiger partial charge on any atom is -0.345 e. The first-order valence-electron chi connectivity index (χ1n) is 9.77. The zero-order valence-electron chi connectivity index (χ0n) is 17.2. The maximum absolute atomic E-state index is 12.3. The maximum atomic E-state index is 12.3. The zero-order valence-corrected chi connectivity index (χ0v) is 19.5. The van der Waals surface area contributed by atoms with Crippen molar-refractivity contribution < 1.29 is 9.59 Å². The number of hydrogen-bond donors (Lipinski definition) is 2. The summed E-state index contributed by atoms with van der Waals surface area (Å²) < 4.78 is 1.85. The molecule has 0 aliphatic heterocycles. The number of hydrogen-bond acceptors (Lipinski definition) is 5. The monoisotopic (exact) mass is 489 g/mol.